The summed E-state index contributed by atoms with van der Waals surface area (Å²) in [5.41, 5.74) is 4.40. The molecule has 0 radical (unpaired) electrons. The van der Waals surface area contributed by atoms with Gasteiger partial charge in [0.1, 0.15) is 5.60 Å². The van der Waals surface area contributed by atoms with Gasteiger partial charge in [-0.1, -0.05) is 73.8 Å². The molecular weight excluding hydrogens is 232 g/mol. The van der Waals surface area contributed by atoms with Gasteiger partial charge in [0.05, 0.1) is 6.61 Å². The second kappa shape index (κ2) is 4.52. The Bertz CT molecular complexity index is 548. The van der Waals surface area contributed by atoms with Crippen molar-refractivity contribution in [3.05, 3.63) is 83.9 Å². The van der Waals surface area contributed by atoms with Crippen molar-refractivity contribution < 1.29 is 4.74 Å². The predicted octanol–water partition coefficient (Wildman–Crippen LogP) is 4.25. The van der Waals surface area contributed by atoms with Crippen molar-refractivity contribution in [2.45, 2.75) is 5.60 Å². The lowest BCUT2D eigenvalue weighted by atomic mass is 9.90. The molecule has 2 aromatic carbocycles. The van der Waals surface area contributed by atoms with Gasteiger partial charge in [-0.15, -0.1) is 0 Å². The third kappa shape index (κ3) is 2.02. The summed E-state index contributed by atoms with van der Waals surface area (Å²) in [6, 6.07) is 16.8. The molecule has 0 saturated carbocycles. The van der Waals surface area contributed by atoms with Crippen LogP contribution >= 0.6 is 0 Å². The van der Waals surface area contributed by atoms with Crippen LogP contribution in [0.1, 0.15) is 22.3 Å². The van der Waals surface area contributed by atoms with Crippen molar-refractivity contribution in [2.24, 2.45) is 0 Å². The lowest BCUT2D eigenvalue weighted by Gasteiger charge is -2.13. The molecule has 1 heteroatoms. The van der Waals surface area contributed by atoms with E-state index >= 15 is 0 Å². The minimum Gasteiger partial charge on any atom is -0.359 e. The highest BCUT2D eigenvalue weighted by Crippen LogP contribution is 2.45. The van der Waals surface area contributed by atoms with Crippen molar-refractivity contribution in [2.75, 3.05) is 6.61 Å². The van der Waals surface area contributed by atoms with Crippen molar-refractivity contribution in [3.8, 4) is 0 Å². The molecule has 0 amide bonds. The first-order chi connectivity index (χ1) is 9.28. The molecule has 0 bridgehead atoms. The Morgan fingerprint density at radius 1 is 0.789 bits per heavy atom. The Kier molecular flexibility index (Phi) is 2.84. The second-order valence-electron chi connectivity index (χ2n) is 4.77. The fraction of sp³-hybridized carbons (Fsp3) is 0.111. The molecule has 0 aromatic heterocycles. The van der Waals surface area contributed by atoms with Crippen LogP contribution in [0.2, 0.25) is 0 Å². The van der Waals surface area contributed by atoms with Crippen LogP contribution in [-0.2, 0) is 10.3 Å². The fourth-order valence-corrected chi connectivity index (χ4v) is 2.35. The maximum Gasteiger partial charge on any atom is 0.142 e. The maximum absolute atomic E-state index is 5.76. The van der Waals surface area contributed by atoms with Gasteiger partial charge in [0.2, 0.25) is 0 Å². The zero-order valence-corrected chi connectivity index (χ0v) is 10.8. The van der Waals surface area contributed by atoms with Crippen molar-refractivity contribution >= 4 is 12.2 Å². The molecule has 3 rings (SSSR count). The van der Waals surface area contributed by atoms with E-state index < -0.39 is 0 Å². The third-order valence-corrected chi connectivity index (χ3v) is 3.66. The van der Waals surface area contributed by atoms with E-state index in [0.717, 1.165) is 17.7 Å². The lowest BCUT2D eigenvalue weighted by Crippen LogP contribution is -2.10. The van der Waals surface area contributed by atoms with Crippen molar-refractivity contribution in [1.29, 1.82) is 0 Å². The Labute approximate surface area is 113 Å². The zero-order chi connectivity index (χ0) is 13.3. The molecule has 0 spiro atoms. The van der Waals surface area contributed by atoms with E-state index in [-0.39, 0.29) is 5.60 Å². The highest BCUT2D eigenvalue weighted by atomic mass is 16.6. The van der Waals surface area contributed by atoms with Gasteiger partial charge < -0.3 is 4.74 Å². The van der Waals surface area contributed by atoms with Gasteiger partial charge >= 0.3 is 0 Å². The molecule has 1 aliphatic heterocycles. The quantitative estimate of drug-likeness (QED) is 0.737. The van der Waals surface area contributed by atoms with E-state index in [2.05, 4.69) is 61.7 Å². The number of hydrogen-bond acceptors (Lipinski definition) is 1. The van der Waals surface area contributed by atoms with E-state index in [9.17, 15) is 0 Å². The summed E-state index contributed by atoms with van der Waals surface area (Å²) in [5, 5.41) is 0. The van der Waals surface area contributed by atoms with Crippen LogP contribution in [0.4, 0.5) is 0 Å². The van der Waals surface area contributed by atoms with Gasteiger partial charge in [-0.05, 0) is 22.3 Å². The Morgan fingerprint density at radius 2 is 1.16 bits per heavy atom. The second-order valence-corrected chi connectivity index (χ2v) is 4.77. The first kappa shape index (κ1) is 11.9. The smallest absolute Gasteiger partial charge is 0.142 e. The van der Waals surface area contributed by atoms with E-state index in [1.165, 1.54) is 11.1 Å². The van der Waals surface area contributed by atoms with Gasteiger partial charge in [0.15, 0.2) is 0 Å². The SMILES string of the molecule is C=Cc1ccc(C2(c3ccc(C=C)cc3)CO2)cc1. The van der Waals surface area contributed by atoms with Crippen LogP contribution in [0.15, 0.2) is 61.7 Å². The summed E-state index contributed by atoms with van der Waals surface area (Å²) in [7, 11) is 0. The highest BCUT2D eigenvalue weighted by molar-refractivity contribution is 5.52. The molecule has 1 heterocycles. The van der Waals surface area contributed by atoms with E-state index in [0.29, 0.717) is 0 Å². The molecule has 1 nitrogen and oxygen atoms in total. The molecule has 19 heavy (non-hydrogen) atoms. The van der Waals surface area contributed by atoms with E-state index in [1.807, 2.05) is 12.2 Å². The number of epoxide rings is 1. The minimum atomic E-state index is -0.251. The summed E-state index contributed by atoms with van der Waals surface area (Å²) in [6.45, 7) is 8.29. The molecule has 0 atom stereocenters. The van der Waals surface area contributed by atoms with Crippen LogP contribution in [0.5, 0.6) is 0 Å². The summed E-state index contributed by atoms with van der Waals surface area (Å²) in [5.74, 6) is 0. The Hall–Kier alpha value is -2.12. The molecule has 1 aliphatic rings. The summed E-state index contributed by atoms with van der Waals surface area (Å²) in [4.78, 5) is 0. The van der Waals surface area contributed by atoms with Crippen molar-refractivity contribution in [3.63, 3.8) is 0 Å². The van der Waals surface area contributed by atoms with Gasteiger partial charge in [-0.3, -0.25) is 0 Å². The van der Waals surface area contributed by atoms with Gasteiger partial charge in [-0.25, -0.2) is 0 Å². The van der Waals surface area contributed by atoms with E-state index in [4.69, 9.17) is 4.74 Å². The van der Waals surface area contributed by atoms with Crippen LogP contribution < -0.4 is 0 Å². The molecule has 2 aromatic rings. The topological polar surface area (TPSA) is 12.5 Å². The average molecular weight is 248 g/mol. The van der Waals surface area contributed by atoms with Crippen LogP contribution in [0.25, 0.3) is 12.2 Å². The molecule has 94 valence electrons. The monoisotopic (exact) mass is 248 g/mol. The summed E-state index contributed by atoms with van der Waals surface area (Å²) < 4.78 is 5.76. The zero-order valence-electron chi connectivity index (χ0n) is 10.8. The molecule has 0 N–H and O–H groups in total. The van der Waals surface area contributed by atoms with Gasteiger partial charge in [-0.2, -0.15) is 0 Å². The number of ether oxygens (including phenoxy) is 1. The first-order valence-corrected chi connectivity index (χ1v) is 6.38. The molecule has 1 saturated heterocycles. The third-order valence-electron chi connectivity index (χ3n) is 3.66. The van der Waals surface area contributed by atoms with Crippen LogP contribution in [0.3, 0.4) is 0 Å². The lowest BCUT2D eigenvalue weighted by molar-refractivity contribution is 0.349. The maximum atomic E-state index is 5.76. The molecule has 0 unspecified atom stereocenters. The Balaban J connectivity index is 1.96. The molecule has 0 aliphatic carbocycles. The van der Waals surface area contributed by atoms with E-state index in [1.54, 1.807) is 0 Å². The first-order valence-electron chi connectivity index (χ1n) is 6.38. The number of benzene rings is 2. The highest BCUT2D eigenvalue weighted by Gasteiger charge is 2.47. The summed E-state index contributed by atoms with van der Waals surface area (Å²) >= 11 is 0. The fourth-order valence-electron chi connectivity index (χ4n) is 2.35. The van der Waals surface area contributed by atoms with Crippen molar-refractivity contribution in [1.82, 2.24) is 0 Å². The normalized spacial score (nSPS) is 15.8. The summed E-state index contributed by atoms with van der Waals surface area (Å²) in [6.07, 6.45) is 3.70. The van der Waals surface area contributed by atoms with Gasteiger partial charge in [0, 0.05) is 0 Å². The standard InChI is InChI=1S/C18H16O/c1-3-14-5-9-16(10-6-14)18(13-19-18)17-11-7-15(4-2)8-12-17/h3-12H,1-2,13H2. The minimum absolute atomic E-state index is 0.251. The average Bonchev–Trinajstić information content (AvgIpc) is 3.29. The van der Waals surface area contributed by atoms with Gasteiger partial charge in [0.25, 0.3) is 0 Å². The van der Waals surface area contributed by atoms with Crippen LogP contribution in [0, 0.1) is 0 Å². The number of hydrogen-bond donors (Lipinski definition) is 0. The largest absolute Gasteiger partial charge is 0.359 e. The Morgan fingerprint density at radius 3 is 1.42 bits per heavy atom. The molecular formula is C18H16O. The predicted molar refractivity (Wildman–Crippen MR) is 79.8 cm³/mol. The van der Waals surface area contributed by atoms with Crippen LogP contribution in [-0.4, -0.2) is 6.61 Å². The number of rotatable bonds is 4. The molecule has 1 fully saturated rings.